The highest BCUT2D eigenvalue weighted by atomic mass is 16.7. The first-order valence-corrected chi connectivity index (χ1v) is 6.66. The Morgan fingerprint density at radius 3 is 2.53 bits per heavy atom. The summed E-state index contributed by atoms with van der Waals surface area (Å²) in [6, 6.07) is 9.80. The van der Waals surface area contributed by atoms with Crippen LogP contribution in [0, 0.1) is 5.92 Å². The molecule has 2 unspecified atom stereocenters. The van der Waals surface area contributed by atoms with Crippen LogP contribution in [-0.2, 0) is 14.4 Å². The molecule has 1 aromatic rings. The Bertz CT molecular complexity index is 367. The van der Waals surface area contributed by atoms with Crippen LogP contribution in [0.15, 0.2) is 30.3 Å². The topological polar surface area (TPSA) is 47.6 Å². The van der Waals surface area contributed by atoms with Gasteiger partial charge in [0, 0.05) is 7.11 Å². The molecule has 1 N–H and O–H groups in total. The van der Waals surface area contributed by atoms with Crippen LogP contribution in [0.1, 0.15) is 31.7 Å². The zero-order valence-electron chi connectivity index (χ0n) is 11.9. The fraction of sp³-hybridized carbons (Fsp3) is 0.533. The molecular weight excluding hydrogens is 242 g/mol. The maximum absolute atomic E-state index is 12.2. The van der Waals surface area contributed by atoms with E-state index in [2.05, 4.69) is 19.3 Å². The summed E-state index contributed by atoms with van der Waals surface area (Å²) >= 11 is 0. The summed E-state index contributed by atoms with van der Waals surface area (Å²) in [6.45, 7) is 4.97. The van der Waals surface area contributed by atoms with Crippen molar-refractivity contribution in [3.63, 3.8) is 0 Å². The standard InChI is InChI=1S/C15H23NO3/c1-4-12(2)14(13-8-6-5-7-9-13)15(17)16-19-11-10-18-3/h5-9,12,14H,4,10-11H2,1-3H3,(H,16,17). The first-order chi connectivity index (χ1) is 9.20. The summed E-state index contributed by atoms with van der Waals surface area (Å²) in [5.41, 5.74) is 3.53. The minimum absolute atomic E-state index is 0.100. The maximum Gasteiger partial charge on any atom is 0.251 e. The number of nitrogens with one attached hydrogen (secondary N) is 1. The molecule has 0 heterocycles. The van der Waals surface area contributed by atoms with Crippen molar-refractivity contribution in [1.29, 1.82) is 0 Å². The third-order valence-electron chi connectivity index (χ3n) is 3.22. The van der Waals surface area contributed by atoms with Gasteiger partial charge < -0.3 is 4.74 Å². The number of amides is 1. The van der Waals surface area contributed by atoms with Crippen molar-refractivity contribution >= 4 is 5.91 Å². The highest BCUT2D eigenvalue weighted by molar-refractivity contribution is 5.83. The molecule has 0 aromatic heterocycles. The van der Waals surface area contributed by atoms with Gasteiger partial charge in [0.25, 0.3) is 5.91 Å². The number of hydrogen-bond acceptors (Lipinski definition) is 3. The van der Waals surface area contributed by atoms with Gasteiger partial charge >= 0.3 is 0 Å². The maximum atomic E-state index is 12.2. The van der Waals surface area contributed by atoms with Gasteiger partial charge in [0.05, 0.1) is 19.1 Å². The van der Waals surface area contributed by atoms with Crippen molar-refractivity contribution in [3.05, 3.63) is 35.9 Å². The largest absolute Gasteiger partial charge is 0.382 e. The second kappa shape index (κ2) is 8.67. The van der Waals surface area contributed by atoms with E-state index in [0.29, 0.717) is 13.2 Å². The zero-order valence-corrected chi connectivity index (χ0v) is 11.9. The van der Waals surface area contributed by atoms with E-state index in [-0.39, 0.29) is 17.7 Å². The van der Waals surface area contributed by atoms with Crippen LogP contribution in [0.2, 0.25) is 0 Å². The molecule has 0 fully saturated rings. The average Bonchev–Trinajstić information content (AvgIpc) is 2.45. The quantitative estimate of drug-likeness (QED) is 0.580. The van der Waals surface area contributed by atoms with Gasteiger partial charge in [0.2, 0.25) is 0 Å². The molecule has 0 saturated carbocycles. The van der Waals surface area contributed by atoms with Crippen LogP contribution in [-0.4, -0.2) is 26.2 Å². The van der Waals surface area contributed by atoms with Crippen molar-refractivity contribution in [3.8, 4) is 0 Å². The molecule has 1 aromatic carbocycles. The molecule has 0 aliphatic rings. The number of carbonyl (C=O) groups excluding carboxylic acids is 1. The second-order valence-electron chi connectivity index (χ2n) is 4.58. The van der Waals surface area contributed by atoms with Crippen molar-refractivity contribution in [2.24, 2.45) is 5.92 Å². The Balaban J connectivity index is 2.67. The average molecular weight is 265 g/mol. The number of benzene rings is 1. The molecule has 19 heavy (non-hydrogen) atoms. The lowest BCUT2D eigenvalue weighted by molar-refractivity contribution is -0.137. The third-order valence-corrected chi connectivity index (χ3v) is 3.22. The molecule has 4 heteroatoms. The van der Waals surface area contributed by atoms with E-state index < -0.39 is 0 Å². The molecule has 0 aliphatic heterocycles. The van der Waals surface area contributed by atoms with Crippen LogP contribution < -0.4 is 5.48 Å². The van der Waals surface area contributed by atoms with Gasteiger partial charge in [0.1, 0.15) is 0 Å². The van der Waals surface area contributed by atoms with Gasteiger partial charge in [-0.2, -0.15) is 0 Å². The van der Waals surface area contributed by atoms with Gasteiger partial charge in [-0.05, 0) is 11.5 Å². The highest BCUT2D eigenvalue weighted by Crippen LogP contribution is 2.26. The molecule has 0 aliphatic carbocycles. The smallest absolute Gasteiger partial charge is 0.251 e. The van der Waals surface area contributed by atoms with E-state index in [9.17, 15) is 4.79 Å². The molecule has 0 bridgehead atoms. The van der Waals surface area contributed by atoms with Crippen LogP contribution in [0.4, 0.5) is 0 Å². The van der Waals surface area contributed by atoms with Gasteiger partial charge in [-0.3, -0.25) is 9.63 Å². The van der Waals surface area contributed by atoms with E-state index in [0.717, 1.165) is 12.0 Å². The normalized spacial score (nSPS) is 13.8. The predicted molar refractivity (Wildman–Crippen MR) is 74.6 cm³/mol. The SMILES string of the molecule is CCC(C)C(C(=O)NOCCOC)c1ccccc1. The molecular formula is C15H23NO3. The molecule has 1 rings (SSSR count). The molecule has 1 amide bonds. The van der Waals surface area contributed by atoms with Gasteiger partial charge in [-0.1, -0.05) is 50.6 Å². The van der Waals surface area contributed by atoms with Gasteiger partial charge in [0.15, 0.2) is 0 Å². The lowest BCUT2D eigenvalue weighted by Crippen LogP contribution is -2.33. The monoisotopic (exact) mass is 265 g/mol. The van der Waals surface area contributed by atoms with E-state index in [1.165, 1.54) is 0 Å². The van der Waals surface area contributed by atoms with Gasteiger partial charge in [-0.25, -0.2) is 5.48 Å². The molecule has 0 saturated heterocycles. The van der Waals surface area contributed by atoms with Crippen LogP contribution in [0.25, 0.3) is 0 Å². The number of hydroxylamine groups is 1. The fourth-order valence-electron chi connectivity index (χ4n) is 1.95. The van der Waals surface area contributed by atoms with Crippen LogP contribution in [0.5, 0.6) is 0 Å². The Hall–Kier alpha value is -1.39. The highest BCUT2D eigenvalue weighted by Gasteiger charge is 2.25. The molecule has 0 spiro atoms. The Labute approximate surface area is 115 Å². The Kier molecular flexibility index (Phi) is 7.15. The summed E-state index contributed by atoms with van der Waals surface area (Å²) in [7, 11) is 1.59. The van der Waals surface area contributed by atoms with Crippen molar-refractivity contribution < 1.29 is 14.4 Å². The molecule has 0 radical (unpaired) electrons. The summed E-state index contributed by atoms with van der Waals surface area (Å²) in [6.07, 6.45) is 0.936. The molecule has 106 valence electrons. The summed E-state index contributed by atoms with van der Waals surface area (Å²) in [4.78, 5) is 17.3. The van der Waals surface area contributed by atoms with Crippen molar-refractivity contribution in [1.82, 2.24) is 5.48 Å². The number of hydrogen-bond donors (Lipinski definition) is 1. The molecule has 4 nitrogen and oxygen atoms in total. The predicted octanol–water partition coefficient (Wildman–Crippen LogP) is 2.51. The number of rotatable bonds is 8. The van der Waals surface area contributed by atoms with E-state index in [1.54, 1.807) is 7.11 Å². The first kappa shape index (κ1) is 15.7. The third kappa shape index (κ3) is 5.01. The second-order valence-corrected chi connectivity index (χ2v) is 4.58. The number of methoxy groups -OCH3 is 1. The molecule has 2 atom stereocenters. The Morgan fingerprint density at radius 2 is 1.95 bits per heavy atom. The number of ether oxygens (including phenoxy) is 1. The minimum atomic E-state index is -0.186. The fourth-order valence-corrected chi connectivity index (χ4v) is 1.95. The zero-order chi connectivity index (χ0) is 14.1. The van der Waals surface area contributed by atoms with E-state index in [4.69, 9.17) is 9.57 Å². The van der Waals surface area contributed by atoms with E-state index >= 15 is 0 Å². The van der Waals surface area contributed by atoms with Crippen molar-refractivity contribution in [2.45, 2.75) is 26.2 Å². The first-order valence-electron chi connectivity index (χ1n) is 6.66. The van der Waals surface area contributed by atoms with E-state index in [1.807, 2.05) is 30.3 Å². The van der Waals surface area contributed by atoms with Crippen LogP contribution in [0.3, 0.4) is 0 Å². The number of carbonyl (C=O) groups is 1. The lowest BCUT2D eigenvalue weighted by atomic mass is 9.85. The summed E-state index contributed by atoms with van der Waals surface area (Å²) in [5.74, 6) is -0.0289. The summed E-state index contributed by atoms with van der Waals surface area (Å²) in [5, 5.41) is 0. The van der Waals surface area contributed by atoms with Crippen LogP contribution >= 0.6 is 0 Å². The lowest BCUT2D eigenvalue weighted by Gasteiger charge is -2.22. The minimum Gasteiger partial charge on any atom is -0.382 e. The Morgan fingerprint density at radius 1 is 1.26 bits per heavy atom. The van der Waals surface area contributed by atoms with Crippen molar-refractivity contribution in [2.75, 3.05) is 20.3 Å². The van der Waals surface area contributed by atoms with Gasteiger partial charge in [-0.15, -0.1) is 0 Å². The summed E-state index contributed by atoms with van der Waals surface area (Å²) < 4.78 is 4.86.